The number of amides is 2. The van der Waals surface area contributed by atoms with Crippen molar-refractivity contribution < 1.29 is 19.1 Å². The molecule has 0 bridgehead atoms. The number of hydrogen-bond acceptors (Lipinski definition) is 4. The highest BCUT2D eigenvalue weighted by Gasteiger charge is 2.28. The van der Waals surface area contributed by atoms with Crippen LogP contribution in [0.25, 0.3) is 0 Å². The van der Waals surface area contributed by atoms with Crippen LogP contribution in [0.15, 0.2) is 18.2 Å². The third-order valence-electron chi connectivity index (χ3n) is 4.87. The van der Waals surface area contributed by atoms with Crippen molar-refractivity contribution in [1.82, 2.24) is 4.90 Å². The average Bonchev–Trinajstić information content (AvgIpc) is 2.60. The second kappa shape index (κ2) is 7.25. The van der Waals surface area contributed by atoms with Crippen molar-refractivity contribution in [3.8, 4) is 5.75 Å². The van der Waals surface area contributed by atoms with Gasteiger partial charge in [0.2, 0.25) is 5.91 Å². The Morgan fingerprint density at radius 1 is 1.32 bits per heavy atom. The number of carbonyl (C=O) groups is 3. The average molecular weight is 344 g/mol. The number of ketones is 1. The van der Waals surface area contributed by atoms with E-state index in [2.05, 4.69) is 6.92 Å². The summed E-state index contributed by atoms with van der Waals surface area (Å²) < 4.78 is 5.44. The van der Waals surface area contributed by atoms with E-state index < -0.39 is 0 Å². The zero-order valence-corrected chi connectivity index (χ0v) is 14.8. The standard InChI is InChI=1S/C19H24N2O4/c1-13-4-3-8-20(11-13)18(23)7-9-21-16-10-15(14(2)22)5-6-17(16)25-12-19(21)24/h5-6,10,13H,3-4,7-9,11-12H2,1-2H3. The number of anilines is 1. The molecule has 134 valence electrons. The van der Waals surface area contributed by atoms with E-state index in [4.69, 9.17) is 4.74 Å². The Morgan fingerprint density at radius 2 is 2.12 bits per heavy atom. The third kappa shape index (κ3) is 3.83. The highest BCUT2D eigenvalue weighted by Crippen LogP contribution is 2.33. The van der Waals surface area contributed by atoms with Gasteiger partial charge in [-0.2, -0.15) is 0 Å². The summed E-state index contributed by atoms with van der Waals surface area (Å²) in [5, 5.41) is 0. The number of likely N-dealkylation sites (tertiary alicyclic amines) is 1. The van der Waals surface area contributed by atoms with Crippen LogP contribution in [-0.2, 0) is 9.59 Å². The molecule has 0 radical (unpaired) electrons. The highest BCUT2D eigenvalue weighted by atomic mass is 16.5. The molecule has 1 unspecified atom stereocenters. The van der Waals surface area contributed by atoms with E-state index in [-0.39, 0.29) is 30.6 Å². The van der Waals surface area contributed by atoms with Gasteiger partial charge < -0.3 is 14.5 Å². The molecule has 1 fully saturated rings. The van der Waals surface area contributed by atoms with Gasteiger partial charge in [0.1, 0.15) is 5.75 Å². The number of ether oxygens (including phenoxy) is 1. The summed E-state index contributed by atoms with van der Waals surface area (Å²) >= 11 is 0. The Hall–Kier alpha value is -2.37. The van der Waals surface area contributed by atoms with Gasteiger partial charge in [0.15, 0.2) is 12.4 Å². The minimum absolute atomic E-state index is 0.0403. The number of hydrogen-bond donors (Lipinski definition) is 0. The normalized spacial score (nSPS) is 20.1. The number of fused-ring (bicyclic) bond motifs is 1. The Kier molecular flexibility index (Phi) is 5.06. The third-order valence-corrected chi connectivity index (χ3v) is 4.87. The first-order valence-corrected chi connectivity index (χ1v) is 8.81. The second-order valence-electron chi connectivity index (χ2n) is 6.91. The van der Waals surface area contributed by atoms with Gasteiger partial charge in [0, 0.05) is 31.6 Å². The van der Waals surface area contributed by atoms with Crippen LogP contribution >= 0.6 is 0 Å². The maximum Gasteiger partial charge on any atom is 0.265 e. The summed E-state index contributed by atoms with van der Waals surface area (Å²) in [6.45, 7) is 5.50. The number of piperidine rings is 1. The fourth-order valence-electron chi connectivity index (χ4n) is 3.45. The molecule has 0 N–H and O–H groups in total. The molecule has 0 spiro atoms. The lowest BCUT2D eigenvalue weighted by Crippen LogP contribution is -2.43. The van der Waals surface area contributed by atoms with E-state index in [1.54, 1.807) is 23.1 Å². The van der Waals surface area contributed by atoms with Gasteiger partial charge in [-0.1, -0.05) is 6.92 Å². The first-order valence-electron chi connectivity index (χ1n) is 8.81. The second-order valence-corrected chi connectivity index (χ2v) is 6.91. The number of carbonyl (C=O) groups excluding carboxylic acids is 3. The topological polar surface area (TPSA) is 66.9 Å². The van der Waals surface area contributed by atoms with Crippen LogP contribution in [0, 0.1) is 5.92 Å². The summed E-state index contributed by atoms with van der Waals surface area (Å²) in [4.78, 5) is 39.8. The molecule has 0 aromatic heterocycles. The highest BCUT2D eigenvalue weighted by molar-refractivity contribution is 6.01. The maximum atomic E-state index is 12.5. The Balaban J connectivity index is 1.72. The summed E-state index contributed by atoms with van der Waals surface area (Å²) in [7, 11) is 0. The number of Topliss-reactive ketones (excluding diaryl/α,β-unsaturated/α-hetero) is 1. The minimum Gasteiger partial charge on any atom is -0.482 e. The molecule has 0 aliphatic carbocycles. The van der Waals surface area contributed by atoms with Crippen molar-refractivity contribution in [2.24, 2.45) is 5.92 Å². The Bertz CT molecular complexity index is 701. The Morgan fingerprint density at radius 3 is 2.84 bits per heavy atom. The van der Waals surface area contributed by atoms with Crippen LogP contribution in [0.3, 0.4) is 0 Å². The van der Waals surface area contributed by atoms with Gasteiger partial charge in [0.05, 0.1) is 5.69 Å². The lowest BCUT2D eigenvalue weighted by atomic mass is 10.00. The number of nitrogens with zero attached hydrogens (tertiary/aromatic N) is 2. The fourth-order valence-corrected chi connectivity index (χ4v) is 3.45. The van der Waals surface area contributed by atoms with E-state index >= 15 is 0 Å². The van der Waals surface area contributed by atoms with E-state index in [0.717, 1.165) is 25.9 Å². The Labute approximate surface area is 147 Å². The molecule has 1 saturated heterocycles. The van der Waals surface area contributed by atoms with E-state index in [9.17, 15) is 14.4 Å². The molecule has 25 heavy (non-hydrogen) atoms. The summed E-state index contributed by atoms with van der Waals surface area (Å²) in [5.74, 6) is 0.924. The van der Waals surface area contributed by atoms with E-state index in [0.29, 0.717) is 29.5 Å². The van der Waals surface area contributed by atoms with E-state index in [1.807, 2.05) is 4.90 Å². The summed E-state index contributed by atoms with van der Waals surface area (Å²) in [5.41, 5.74) is 1.10. The molecule has 1 aromatic rings. The lowest BCUT2D eigenvalue weighted by molar-refractivity contribution is -0.132. The molecule has 0 saturated carbocycles. The molecule has 3 rings (SSSR count). The fraction of sp³-hybridized carbons (Fsp3) is 0.526. The van der Waals surface area contributed by atoms with Crippen molar-refractivity contribution in [2.75, 3.05) is 31.1 Å². The summed E-state index contributed by atoms with van der Waals surface area (Å²) in [6, 6.07) is 5.07. The van der Waals surface area contributed by atoms with E-state index in [1.165, 1.54) is 6.92 Å². The molecular formula is C19H24N2O4. The molecule has 6 nitrogen and oxygen atoms in total. The molecule has 1 atom stereocenters. The van der Waals surface area contributed by atoms with Crippen LogP contribution in [0.4, 0.5) is 5.69 Å². The van der Waals surface area contributed by atoms with Crippen molar-refractivity contribution in [3.05, 3.63) is 23.8 Å². The van der Waals surface area contributed by atoms with Gasteiger partial charge in [-0.05, 0) is 43.9 Å². The van der Waals surface area contributed by atoms with Crippen LogP contribution < -0.4 is 9.64 Å². The predicted molar refractivity (Wildman–Crippen MR) is 93.9 cm³/mol. The van der Waals surface area contributed by atoms with Crippen molar-refractivity contribution >= 4 is 23.3 Å². The number of rotatable bonds is 4. The van der Waals surface area contributed by atoms with Crippen molar-refractivity contribution in [2.45, 2.75) is 33.1 Å². The van der Waals surface area contributed by atoms with Crippen molar-refractivity contribution in [3.63, 3.8) is 0 Å². The van der Waals surface area contributed by atoms with Gasteiger partial charge in [-0.25, -0.2) is 0 Å². The van der Waals surface area contributed by atoms with Crippen LogP contribution in [0.2, 0.25) is 0 Å². The first-order chi connectivity index (χ1) is 12.0. The molecule has 2 aliphatic heterocycles. The van der Waals surface area contributed by atoms with Crippen molar-refractivity contribution in [1.29, 1.82) is 0 Å². The molecular weight excluding hydrogens is 320 g/mol. The maximum absolute atomic E-state index is 12.5. The van der Waals surface area contributed by atoms with Crippen LogP contribution in [-0.4, -0.2) is 48.7 Å². The smallest absolute Gasteiger partial charge is 0.265 e. The van der Waals surface area contributed by atoms with Gasteiger partial charge >= 0.3 is 0 Å². The molecule has 6 heteroatoms. The predicted octanol–water partition coefficient (Wildman–Crippen LogP) is 2.26. The van der Waals surface area contributed by atoms with Gasteiger partial charge in [-0.3, -0.25) is 14.4 Å². The first kappa shape index (κ1) is 17.5. The zero-order valence-electron chi connectivity index (χ0n) is 14.8. The molecule has 2 aliphatic rings. The van der Waals surface area contributed by atoms with Crippen LogP contribution in [0.5, 0.6) is 5.75 Å². The summed E-state index contributed by atoms with van der Waals surface area (Å²) in [6.07, 6.45) is 2.48. The molecule has 1 aromatic carbocycles. The lowest BCUT2D eigenvalue weighted by Gasteiger charge is -2.33. The minimum atomic E-state index is -0.187. The monoisotopic (exact) mass is 344 g/mol. The van der Waals surface area contributed by atoms with Crippen LogP contribution in [0.1, 0.15) is 43.5 Å². The number of benzene rings is 1. The van der Waals surface area contributed by atoms with Gasteiger partial charge in [0.25, 0.3) is 5.91 Å². The van der Waals surface area contributed by atoms with Gasteiger partial charge in [-0.15, -0.1) is 0 Å². The SMILES string of the molecule is CC(=O)c1ccc2c(c1)N(CCC(=O)N1CCCC(C)C1)C(=O)CO2. The zero-order chi connectivity index (χ0) is 18.0. The molecule has 2 amide bonds. The quantitative estimate of drug-likeness (QED) is 0.786. The largest absolute Gasteiger partial charge is 0.482 e. The molecule has 2 heterocycles.